The van der Waals surface area contributed by atoms with Crippen molar-refractivity contribution in [3.63, 3.8) is 0 Å². The van der Waals surface area contributed by atoms with E-state index in [2.05, 4.69) is 29.2 Å². The molecule has 22 heavy (non-hydrogen) atoms. The lowest BCUT2D eigenvalue weighted by Gasteiger charge is -2.21. The van der Waals surface area contributed by atoms with Gasteiger partial charge < -0.3 is 14.7 Å². The molecular weight excluding hydrogens is 302 g/mol. The molecule has 1 N–H and O–H groups in total. The van der Waals surface area contributed by atoms with E-state index >= 15 is 0 Å². The molecule has 0 saturated carbocycles. The van der Waals surface area contributed by atoms with Gasteiger partial charge in [-0.05, 0) is 56.6 Å². The van der Waals surface area contributed by atoms with Crippen molar-refractivity contribution in [3.8, 4) is 0 Å². The zero-order valence-electron chi connectivity index (χ0n) is 13.0. The Bertz CT molecular complexity index is 614. The maximum Gasteiger partial charge on any atom is 0.229 e. The molecule has 2 rings (SSSR count). The predicted octanol–water partition coefficient (Wildman–Crippen LogP) is 3.66. The van der Waals surface area contributed by atoms with Crippen LogP contribution >= 0.6 is 11.6 Å². The topological polar surface area (TPSA) is 58.4 Å². The lowest BCUT2D eigenvalue weighted by Crippen LogP contribution is -2.21. The van der Waals surface area contributed by atoms with Crippen LogP contribution in [0, 0.1) is 6.92 Å². The highest BCUT2D eigenvalue weighted by Gasteiger charge is 2.15. The number of nitrogens with one attached hydrogen (secondary N) is 1. The Labute approximate surface area is 135 Å². The molecule has 0 aliphatic carbocycles. The first kappa shape index (κ1) is 16.4. The van der Waals surface area contributed by atoms with Crippen molar-refractivity contribution < 1.29 is 9.32 Å². The van der Waals surface area contributed by atoms with Gasteiger partial charge in [0.15, 0.2) is 0 Å². The second-order valence-electron chi connectivity index (χ2n) is 4.96. The van der Waals surface area contributed by atoms with Gasteiger partial charge in [0, 0.05) is 30.0 Å². The third kappa shape index (κ3) is 3.80. The van der Waals surface area contributed by atoms with E-state index in [1.54, 1.807) is 6.92 Å². The first-order chi connectivity index (χ1) is 10.5. The zero-order chi connectivity index (χ0) is 16.1. The van der Waals surface area contributed by atoms with Gasteiger partial charge in [0.25, 0.3) is 0 Å². The number of aryl methyl sites for hydroxylation is 1. The molecule has 0 bridgehead atoms. The maximum atomic E-state index is 12.1. The van der Waals surface area contributed by atoms with Gasteiger partial charge >= 0.3 is 0 Å². The second-order valence-corrected chi connectivity index (χ2v) is 5.31. The van der Waals surface area contributed by atoms with E-state index in [1.165, 1.54) is 0 Å². The molecule has 1 amide bonds. The van der Waals surface area contributed by atoms with Crippen LogP contribution in [0.2, 0.25) is 5.22 Å². The maximum absolute atomic E-state index is 12.1. The van der Waals surface area contributed by atoms with Crippen LogP contribution in [-0.2, 0) is 11.2 Å². The van der Waals surface area contributed by atoms with E-state index < -0.39 is 0 Å². The van der Waals surface area contributed by atoms with E-state index in [9.17, 15) is 4.79 Å². The predicted molar refractivity (Wildman–Crippen MR) is 88.6 cm³/mol. The molecule has 0 aliphatic heterocycles. The van der Waals surface area contributed by atoms with Crippen LogP contribution in [0.15, 0.2) is 28.8 Å². The third-order valence-electron chi connectivity index (χ3n) is 3.55. The Kier molecular flexibility index (Phi) is 5.44. The van der Waals surface area contributed by atoms with Crippen molar-refractivity contribution in [3.05, 3.63) is 40.7 Å². The lowest BCUT2D eigenvalue weighted by molar-refractivity contribution is -0.115. The number of amides is 1. The molecule has 1 heterocycles. The fraction of sp³-hybridized carbons (Fsp3) is 0.375. The minimum absolute atomic E-state index is 0.145. The van der Waals surface area contributed by atoms with Gasteiger partial charge in [0.05, 0.1) is 12.1 Å². The molecule has 118 valence electrons. The van der Waals surface area contributed by atoms with E-state index in [-0.39, 0.29) is 17.5 Å². The van der Waals surface area contributed by atoms with E-state index in [0.29, 0.717) is 11.3 Å². The summed E-state index contributed by atoms with van der Waals surface area (Å²) in [5, 5.41) is 6.76. The number of nitrogens with zero attached hydrogens (tertiary/aromatic N) is 2. The van der Waals surface area contributed by atoms with Crippen LogP contribution in [-0.4, -0.2) is 24.2 Å². The highest BCUT2D eigenvalue weighted by Crippen LogP contribution is 2.21. The molecule has 1 aromatic heterocycles. The summed E-state index contributed by atoms with van der Waals surface area (Å²) in [5.41, 5.74) is 3.16. The minimum atomic E-state index is -0.149. The number of aromatic nitrogens is 1. The number of hydrogen-bond acceptors (Lipinski definition) is 4. The highest BCUT2D eigenvalue weighted by molar-refractivity contribution is 6.29. The van der Waals surface area contributed by atoms with Gasteiger partial charge in [-0.2, -0.15) is 0 Å². The summed E-state index contributed by atoms with van der Waals surface area (Å²) in [6.45, 7) is 7.90. The molecule has 0 atom stereocenters. The summed E-state index contributed by atoms with van der Waals surface area (Å²) in [6.07, 6.45) is 0.145. The monoisotopic (exact) mass is 321 g/mol. The molecular formula is C16H20ClN3O2. The highest BCUT2D eigenvalue weighted by atomic mass is 35.5. The number of rotatable bonds is 6. The molecule has 2 aromatic rings. The SMILES string of the molecule is CCN(CC)c1ccc(NC(=O)Cc2c(C)noc2Cl)cc1. The van der Waals surface area contributed by atoms with Crippen LogP contribution < -0.4 is 10.2 Å². The number of halogens is 1. The van der Waals surface area contributed by atoms with E-state index in [1.807, 2.05) is 24.3 Å². The first-order valence-electron chi connectivity index (χ1n) is 7.30. The molecule has 0 radical (unpaired) electrons. The molecule has 0 unspecified atom stereocenters. The average molecular weight is 322 g/mol. The van der Waals surface area contributed by atoms with Crippen LogP contribution in [0.4, 0.5) is 11.4 Å². The summed E-state index contributed by atoms with van der Waals surface area (Å²) in [5.74, 6) is -0.149. The van der Waals surface area contributed by atoms with Crippen molar-refractivity contribution in [2.75, 3.05) is 23.3 Å². The van der Waals surface area contributed by atoms with Crippen molar-refractivity contribution >= 4 is 28.9 Å². The van der Waals surface area contributed by atoms with Crippen LogP contribution in [0.25, 0.3) is 0 Å². The normalized spacial score (nSPS) is 10.5. The van der Waals surface area contributed by atoms with Crippen molar-refractivity contribution in [1.82, 2.24) is 5.16 Å². The van der Waals surface area contributed by atoms with Gasteiger partial charge in [0.1, 0.15) is 0 Å². The fourth-order valence-electron chi connectivity index (χ4n) is 2.27. The summed E-state index contributed by atoms with van der Waals surface area (Å²) in [4.78, 5) is 14.3. The van der Waals surface area contributed by atoms with Gasteiger partial charge in [-0.15, -0.1) is 0 Å². The summed E-state index contributed by atoms with van der Waals surface area (Å²) in [6, 6.07) is 7.79. The number of anilines is 2. The molecule has 0 spiro atoms. The first-order valence-corrected chi connectivity index (χ1v) is 7.68. The number of hydrogen-bond donors (Lipinski definition) is 1. The third-order valence-corrected chi connectivity index (χ3v) is 3.85. The number of carbonyl (C=O) groups is 1. The lowest BCUT2D eigenvalue weighted by atomic mass is 10.2. The van der Waals surface area contributed by atoms with E-state index in [0.717, 1.165) is 24.5 Å². The Hall–Kier alpha value is -2.01. The Morgan fingerprint density at radius 1 is 1.27 bits per heavy atom. The summed E-state index contributed by atoms with van der Waals surface area (Å²) < 4.78 is 4.84. The van der Waals surface area contributed by atoms with Gasteiger partial charge in [-0.1, -0.05) is 5.16 Å². The molecule has 0 aliphatic rings. The van der Waals surface area contributed by atoms with Gasteiger partial charge in [-0.3, -0.25) is 4.79 Å². The van der Waals surface area contributed by atoms with E-state index in [4.69, 9.17) is 16.1 Å². The number of benzene rings is 1. The van der Waals surface area contributed by atoms with Gasteiger partial charge in [-0.25, -0.2) is 0 Å². The van der Waals surface area contributed by atoms with Crippen molar-refractivity contribution in [2.45, 2.75) is 27.2 Å². The van der Waals surface area contributed by atoms with Crippen molar-refractivity contribution in [1.29, 1.82) is 0 Å². The fourth-order valence-corrected chi connectivity index (χ4v) is 2.51. The number of carbonyl (C=O) groups excluding carboxylic acids is 1. The minimum Gasteiger partial charge on any atom is -0.372 e. The van der Waals surface area contributed by atoms with Crippen LogP contribution in [0.1, 0.15) is 25.1 Å². The largest absolute Gasteiger partial charge is 0.372 e. The quantitative estimate of drug-likeness (QED) is 0.882. The summed E-state index contributed by atoms with van der Waals surface area (Å²) >= 11 is 5.86. The van der Waals surface area contributed by atoms with Gasteiger partial charge in [0.2, 0.25) is 11.1 Å². The summed E-state index contributed by atoms with van der Waals surface area (Å²) in [7, 11) is 0. The Morgan fingerprint density at radius 3 is 2.41 bits per heavy atom. The van der Waals surface area contributed by atoms with Crippen LogP contribution in [0.5, 0.6) is 0 Å². The second kappa shape index (κ2) is 7.31. The Balaban J connectivity index is 2.00. The molecule has 5 nitrogen and oxygen atoms in total. The molecule has 1 aromatic carbocycles. The van der Waals surface area contributed by atoms with Crippen LogP contribution in [0.3, 0.4) is 0 Å². The molecule has 6 heteroatoms. The Morgan fingerprint density at radius 2 is 1.91 bits per heavy atom. The average Bonchev–Trinajstić information content (AvgIpc) is 2.82. The smallest absolute Gasteiger partial charge is 0.229 e. The standard InChI is InChI=1S/C16H20ClN3O2/c1-4-20(5-2)13-8-6-12(7-9-13)18-15(21)10-14-11(3)19-22-16(14)17/h6-9H,4-5,10H2,1-3H3,(H,18,21). The molecule has 0 saturated heterocycles. The van der Waals surface area contributed by atoms with Crippen molar-refractivity contribution in [2.24, 2.45) is 0 Å². The molecule has 0 fully saturated rings. The zero-order valence-corrected chi connectivity index (χ0v) is 13.8.